The molecule has 0 aliphatic heterocycles. The van der Waals surface area contributed by atoms with Crippen molar-refractivity contribution in [2.75, 3.05) is 13.2 Å². The molecule has 0 rings (SSSR count). The number of ether oxygens (including phenoxy) is 3. The van der Waals surface area contributed by atoms with Gasteiger partial charge >= 0.3 is 17.9 Å². The fourth-order valence-corrected chi connectivity index (χ4v) is 7.92. The van der Waals surface area contributed by atoms with Gasteiger partial charge in [0.25, 0.3) is 0 Å². The molecule has 0 heterocycles. The Morgan fingerprint density at radius 3 is 0.690 bits per heavy atom. The third-order valence-electron chi connectivity index (χ3n) is 11.9. The molecule has 1 atom stereocenters. The zero-order valence-corrected chi connectivity index (χ0v) is 39.3. The minimum Gasteiger partial charge on any atom is -0.462 e. The molecule has 0 unspecified atom stereocenters. The molecule has 0 amide bonds. The Morgan fingerprint density at radius 2 is 0.466 bits per heavy atom. The highest BCUT2D eigenvalue weighted by Gasteiger charge is 2.19. The van der Waals surface area contributed by atoms with E-state index in [1.165, 1.54) is 199 Å². The molecule has 0 aliphatic rings. The van der Waals surface area contributed by atoms with Gasteiger partial charge in [-0.25, -0.2) is 0 Å². The Kier molecular flexibility index (Phi) is 46.8. The Labute approximate surface area is 361 Å². The summed E-state index contributed by atoms with van der Waals surface area (Å²) >= 11 is 0. The monoisotopic (exact) mass is 821 g/mol. The first-order valence-corrected chi connectivity index (χ1v) is 26.0. The topological polar surface area (TPSA) is 78.9 Å². The van der Waals surface area contributed by atoms with Crippen LogP contribution in [0.5, 0.6) is 0 Å². The lowest BCUT2D eigenvalue weighted by atomic mass is 10.0. The lowest BCUT2D eigenvalue weighted by Gasteiger charge is -2.18. The number of carbonyl (C=O) groups is 3. The summed E-state index contributed by atoms with van der Waals surface area (Å²) in [6.07, 6.45) is 50.8. The second-order valence-corrected chi connectivity index (χ2v) is 17.8. The molecule has 0 saturated carbocycles. The van der Waals surface area contributed by atoms with E-state index in [0.29, 0.717) is 19.3 Å². The van der Waals surface area contributed by atoms with Crippen LogP contribution in [-0.4, -0.2) is 37.2 Å². The van der Waals surface area contributed by atoms with Crippen molar-refractivity contribution in [2.45, 2.75) is 303 Å². The van der Waals surface area contributed by atoms with E-state index in [0.717, 1.165) is 57.8 Å². The number of hydrogen-bond acceptors (Lipinski definition) is 6. The van der Waals surface area contributed by atoms with E-state index in [1.807, 2.05) is 0 Å². The van der Waals surface area contributed by atoms with Crippen molar-refractivity contribution in [2.24, 2.45) is 0 Å². The van der Waals surface area contributed by atoms with Gasteiger partial charge in [0, 0.05) is 19.3 Å². The SMILES string of the molecule is CCCCCCCCCCCCCCCCCCC(=O)OC[C@@H](COC(=O)CCCCCCCCCCCC)OC(=O)CCCCCCCCCCCCCCCC. The van der Waals surface area contributed by atoms with Crippen molar-refractivity contribution >= 4 is 17.9 Å². The minimum absolute atomic E-state index is 0.0618. The molecule has 0 radical (unpaired) electrons. The minimum atomic E-state index is -0.759. The molecule has 0 aromatic rings. The first-order chi connectivity index (χ1) is 28.5. The Hall–Kier alpha value is -1.59. The highest BCUT2D eigenvalue weighted by molar-refractivity contribution is 5.71. The predicted octanol–water partition coefficient (Wildman–Crippen LogP) is 16.8. The van der Waals surface area contributed by atoms with Crippen LogP contribution in [0.3, 0.4) is 0 Å². The lowest BCUT2D eigenvalue weighted by Crippen LogP contribution is -2.30. The van der Waals surface area contributed by atoms with Gasteiger partial charge < -0.3 is 14.2 Å². The van der Waals surface area contributed by atoms with Crippen molar-refractivity contribution in [1.29, 1.82) is 0 Å². The summed E-state index contributed by atoms with van der Waals surface area (Å²) in [7, 11) is 0. The normalized spacial score (nSPS) is 11.8. The maximum atomic E-state index is 12.8. The van der Waals surface area contributed by atoms with Gasteiger partial charge in [0.05, 0.1) is 0 Å². The molecule has 0 aliphatic carbocycles. The number of hydrogen-bond donors (Lipinski definition) is 0. The smallest absolute Gasteiger partial charge is 0.306 e. The number of rotatable bonds is 48. The van der Waals surface area contributed by atoms with E-state index in [1.54, 1.807) is 0 Å². The van der Waals surface area contributed by atoms with Crippen LogP contribution in [0.2, 0.25) is 0 Å². The first kappa shape index (κ1) is 56.4. The fourth-order valence-electron chi connectivity index (χ4n) is 7.92. The quantitative estimate of drug-likeness (QED) is 0.0346. The molecule has 0 saturated heterocycles. The average Bonchev–Trinajstić information content (AvgIpc) is 3.22. The van der Waals surface area contributed by atoms with Gasteiger partial charge in [-0.3, -0.25) is 14.4 Å². The zero-order valence-electron chi connectivity index (χ0n) is 39.3. The number of esters is 3. The Morgan fingerprint density at radius 1 is 0.276 bits per heavy atom. The molecular formula is C52H100O6. The van der Waals surface area contributed by atoms with E-state index < -0.39 is 6.10 Å². The van der Waals surface area contributed by atoms with Gasteiger partial charge in [-0.15, -0.1) is 0 Å². The second-order valence-electron chi connectivity index (χ2n) is 17.8. The number of unbranched alkanes of at least 4 members (excludes halogenated alkanes) is 37. The summed E-state index contributed by atoms with van der Waals surface area (Å²) in [4.78, 5) is 37.9. The van der Waals surface area contributed by atoms with Crippen molar-refractivity contribution in [3.05, 3.63) is 0 Å². The molecule has 0 fully saturated rings. The Balaban J connectivity index is 4.27. The molecule has 0 spiro atoms. The highest BCUT2D eigenvalue weighted by Crippen LogP contribution is 2.17. The molecule has 0 aromatic heterocycles. The summed E-state index contributed by atoms with van der Waals surface area (Å²) < 4.78 is 16.8. The Bertz CT molecular complexity index is 859. The summed E-state index contributed by atoms with van der Waals surface area (Å²) in [6.45, 7) is 6.67. The van der Waals surface area contributed by atoms with E-state index >= 15 is 0 Å². The maximum absolute atomic E-state index is 12.8. The standard InChI is InChI=1S/C52H100O6/c1-4-7-10-13-16-19-22-24-26-27-29-30-33-36-39-42-45-51(54)57-48-49(47-56-50(53)44-41-38-35-32-21-18-15-12-9-6-3)58-52(55)46-43-40-37-34-31-28-25-23-20-17-14-11-8-5-2/h49H,4-48H2,1-3H3/t49-/m1/s1. The van der Waals surface area contributed by atoms with Gasteiger partial charge in [0.1, 0.15) is 13.2 Å². The maximum Gasteiger partial charge on any atom is 0.306 e. The van der Waals surface area contributed by atoms with Crippen molar-refractivity contribution < 1.29 is 28.6 Å². The van der Waals surface area contributed by atoms with Gasteiger partial charge in [0.15, 0.2) is 6.10 Å². The van der Waals surface area contributed by atoms with Gasteiger partial charge in [0.2, 0.25) is 0 Å². The fraction of sp³-hybridized carbons (Fsp3) is 0.942. The molecule has 0 aromatic carbocycles. The van der Waals surface area contributed by atoms with Crippen LogP contribution in [-0.2, 0) is 28.6 Å². The molecule has 0 N–H and O–H groups in total. The van der Waals surface area contributed by atoms with E-state index in [4.69, 9.17) is 14.2 Å². The molecule has 344 valence electrons. The van der Waals surface area contributed by atoms with Crippen LogP contribution in [0.4, 0.5) is 0 Å². The molecule has 0 bridgehead atoms. The molecule has 6 nitrogen and oxygen atoms in total. The van der Waals surface area contributed by atoms with Crippen molar-refractivity contribution in [3.63, 3.8) is 0 Å². The van der Waals surface area contributed by atoms with E-state index in [9.17, 15) is 14.4 Å². The lowest BCUT2D eigenvalue weighted by molar-refractivity contribution is -0.167. The van der Waals surface area contributed by atoms with Gasteiger partial charge in [-0.1, -0.05) is 258 Å². The van der Waals surface area contributed by atoms with Crippen LogP contribution in [0.1, 0.15) is 297 Å². The van der Waals surface area contributed by atoms with Crippen molar-refractivity contribution in [3.8, 4) is 0 Å². The van der Waals surface area contributed by atoms with Crippen LogP contribution in [0.15, 0.2) is 0 Å². The molecular weight excluding hydrogens is 721 g/mol. The first-order valence-electron chi connectivity index (χ1n) is 26.0. The van der Waals surface area contributed by atoms with Crippen LogP contribution in [0, 0.1) is 0 Å². The second kappa shape index (κ2) is 48.1. The van der Waals surface area contributed by atoms with Crippen LogP contribution >= 0.6 is 0 Å². The van der Waals surface area contributed by atoms with Crippen molar-refractivity contribution in [1.82, 2.24) is 0 Å². The van der Waals surface area contributed by atoms with E-state index in [-0.39, 0.29) is 31.1 Å². The van der Waals surface area contributed by atoms with E-state index in [2.05, 4.69) is 20.8 Å². The van der Waals surface area contributed by atoms with Gasteiger partial charge in [-0.2, -0.15) is 0 Å². The largest absolute Gasteiger partial charge is 0.462 e. The predicted molar refractivity (Wildman–Crippen MR) is 247 cm³/mol. The third kappa shape index (κ3) is 45.5. The summed E-state index contributed by atoms with van der Waals surface area (Å²) in [6, 6.07) is 0. The summed E-state index contributed by atoms with van der Waals surface area (Å²) in [5, 5.41) is 0. The molecule has 6 heteroatoms. The summed E-state index contributed by atoms with van der Waals surface area (Å²) in [5.41, 5.74) is 0. The van der Waals surface area contributed by atoms with Crippen LogP contribution in [0.25, 0.3) is 0 Å². The van der Waals surface area contributed by atoms with Gasteiger partial charge in [-0.05, 0) is 19.3 Å². The van der Waals surface area contributed by atoms with Crippen LogP contribution < -0.4 is 0 Å². The highest BCUT2D eigenvalue weighted by atomic mass is 16.6. The number of carbonyl (C=O) groups excluding carboxylic acids is 3. The zero-order chi connectivity index (χ0) is 42.3. The average molecular weight is 821 g/mol. The summed E-state index contributed by atoms with van der Waals surface area (Å²) in [5.74, 6) is -0.842. The molecule has 58 heavy (non-hydrogen) atoms. The third-order valence-corrected chi connectivity index (χ3v) is 11.9.